The number of hydrogen-bond donors (Lipinski definition) is 1. The second-order valence-corrected chi connectivity index (χ2v) is 6.76. The Balaban J connectivity index is 1.58. The van der Waals surface area contributed by atoms with Crippen molar-refractivity contribution in [2.24, 2.45) is 0 Å². The highest BCUT2D eigenvalue weighted by atomic mass is 32.1. The zero-order valence-corrected chi connectivity index (χ0v) is 14.0. The van der Waals surface area contributed by atoms with Gasteiger partial charge in [0.15, 0.2) is 5.13 Å². The summed E-state index contributed by atoms with van der Waals surface area (Å²) in [7, 11) is 0. The molecule has 3 heterocycles. The van der Waals surface area contributed by atoms with Crippen molar-refractivity contribution < 1.29 is 4.79 Å². The van der Waals surface area contributed by atoms with Crippen molar-refractivity contribution in [3.8, 4) is 10.6 Å². The first-order chi connectivity index (χ1) is 11.7. The van der Waals surface area contributed by atoms with E-state index in [0.29, 0.717) is 11.0 Å². The van der Waals surface area contributed by atoms with E-state index in [0.717, 1.165) is 34.9 Å². The van der Waals surface area contributed by atoms with Crippen LogP contribution in [-0.2, 0) is 0 Å². The fourth-order valence-electron chi connectivity index (χ4n) is 2.59. The van der Waals surface area contributed by atoms with Gasteiger partial charge in [-0.15, -0.1) is 0 Å². The van der Waals surface area contributed by atoms with E-state index < -0.39 is 0 Å². The van der Waals surface area contributed by atoms with Crippen LogP contribution in [0, 0.1) is 6.92 Å². The smallest absolute Gasteiger partial charge is 0.283 e. The largest absolute Gasteiger partial charge is 0.333 e. The molecule has 0 unspecified atom stereocenters. The summed E-state index contributed by atoms with van der Waals surface area (Å²) in [5.74, 6) is 1.40. The highest BCUT2D eigenvalue weighted by molar-refractivity contribution is 7.19. The number of carbonyl (C=O) groups excluding carboxylic acids is 1. The van der Waals surface area contributed by atoms with Gasteiger partial charge in [0.25, 0.3) is 0 Å². The number of rotatable bonds is 3. The number of amides is 1. The van der Waals surface area contributed by atoms with Crippen molar-refractivity contribution in [1.82, 2.24) is 24.5 Å². The summed E-state index contributed by atoms with van der Waals surface area (Å²) in [5.41, 5.74) is 1.71. The van der Waals surface area contributed by atoms with Gasteiger partial charge in [0, 0.05) is 24.5 Å². The van der Waals surface area contributed by atoms with Crippen molar-refractivity contribution in [2.75, 3.05) is 5.32 Å². The van der Waals surface area contributed by atoms with Gasteiger partial charge in [0.1, 0.15) is 12.2 Å². The molecule has 122 valence electrons. The summed E-state index contributed by atoms with van der Waals surface area (Å²) in [5, 5.41) is 3.33. The minimum Gasteiger partial charge on any atom is -0.283 e. The van der Waals surface area contributed by atoms with Gasteiger partial charge in [-0.2, -0.15) is 0 Å². The molecule has 0 bridgehead atoms. The monoisotopic (exact) mass is 340 g/mol. The third-order valence-corrected chi connectivity index (χ3v) is 5.22. The first kappa shape index (κ1) is 14.9. The Labute approximate surface area is 142 Å². The van der Waals surface area contributed by atoms with E-state index in [4.69, 9.17) is 4.98 Å². The Hall–Kier alpha value is -2.61. The minimum absolute atomic E-state index is 0.286. The normalized spacial score (nSPS) is 14.4. The number of aromatic nitrogens is 5. The molecule has 7 nitrogen and oxygen atoms in total. The maximum absolute atomic E-state index is 12.1. The number of hydrogen-bond acceptors (Lipinski definition) is 6. The molecule has 3 aromatic heterocycles. The van der Waals surface area contributed by atoms with Gasteiger partial charge in [-0.25, -0.2) is 24.7 Å². The molecule has 0 radical (unpaired) electrons. The molecule has 0 aromatic carbocycles. The van der Waals surface area contributed by atoms with Crippen LogP contribution >= 0.6 is 11.3 Å². The van der Waals surface area contributed by atoms with Gasteiger partial charge in [0.2, 0.25) is 0 Å². The van der Waals surface area contributed by atoms with Crippen molar-refractivity contribution in [1.29, 1.82) is 0 Å². The van der Waals surface area contributed by atoms with Gasteiger partial charge < -0.3 is 0 Å². The molecule has 4 rings (SSSR count). The van der Waals surface area contributed by atoms with E-state index in [1.165, 1.54) is 28.7 Å². The molecule has 0 atom stereocenters. The van der Waals surface area contributed by atoms with Crippen molar-refractivity contribution in [3.05, 3.63) is 42.5 Å². The number of nitrogens with one attached hydrogen (secondary N) is 1. The molecule has 1 N–H and O–H groups in total. The van der Waals surface area contributed by atoms with E-state index in [1.807, 2.05) is 13.0 Å². The van der Waals surface area contributed by atoms with Gasteiger partial charge in [-0.1, -0.05) is 17.8 Å². The molecule has 1 saturated carbocycles. The molecule has 24 heavy (non-hydrogen) atoms. The quantitative estimate of drug-likeness (QED) is 0.789. The number of aryl methyl sites for hydroxylation is 1. The summed E-state index contributed by atoms with van der Waals surface area (Å²) in [6, 6.07) is 1.61. The van der Waals surface area contributed by atoms with Gasteiger partial charge in [-0.05, 0) is 25.8 Å². The average Bonchev–Trinajstić information content (AvgIpc) is 3.15. The van der Waals surface area contributed by atoms with Crippen LogP contribution < -0.4 is 5.32 Å². The van der Waals surface area contributed by atoms with Gasteiger partial charge in [0.05, 0.1) is 16.3 Å². The number of carbonyl (C=O) groups is 1. The molecule has 8 heteroatoms. The van der Waals surface area contributed by atoms with Crippen LogP contribution in [0.1, 0.15) is 36.7 Å². The number of anilines is 1. The number of nitrogens with zero attached hydrogens (tertiary/aromatic N) is 5. The summed E-state index contributed by atoms with van der Waals surface area (Å²) in [6.07, 6.45) is 9.98. The second-order valence-electron chi connectivity index (χ2n) is 5.76. The van der Waals surface area contributed by atoms with Crippen LogP contribution in [0.2, 0.25) is 0 Å². The van der Waals surface area contributed by atoms with Gasteiger partial charge >= 0.3 is 6.03 Å². The number of thiazole rings is 1. The predicted octanol–water partition coefficient (Wildman–Crippen LogP) is 3.45. The summed E-state index contributed by atoms with van der Waals surface area (Å²) in [4.78, 5) is 30.4. The Morgan fingerprint density at radius 2 is 2.21 bits per heavy atom. The van der Waals surface area contributed by atoms with Crippen LogP contribution in [0.25, 0.3) is 10.6 Å². The molecule has 0 saturated heterocycles. The fourth-order valence-corrected chi connectivity index (χ4v) is 3.51. The van der Waals surface area contributed by atoms with Crippen molar-refractivity contribution in [2.45, 2.75) is 32.1 Å². The predicted molar refractivity (Wildman–Crippen MR) is 91.1 cm³/mol. The lowest BCUT2D eigenvalue weighted by atomic mass is 9.85. The lowest BCUT2D eigenvalue weighted by molar-refractivity contribution is 0.253. The van der Waals surface area contributed by atoms with Gasteiger partial charge in [-0.3, -0.25) is 9.88 Å². The van der Waals surface area contributed by atoms with E-state index in [2.05, 4.69) is 20.3 Å². The Morgan fingerprint density at radius 1 is 1.33 bits per heavy atom. The van der Waals surface area contributed by atoms with E-state index in [-0.39, 0.29) is 6.03 Å². The zero-order valence-electron chi connectivity index (χ0n) is 13.1. The molecule has 0 aliphatic heterocycles. The maximum Gasteiger partial charge on any atom is 0.333 e. The second kappa shape index (κ2) is 6.12. The highest BCUT2D eigenvalue weighted by Gasteiger charge is 2.23. The Morgan fingerprint density at radius 3 is 2.92 bits per heavy atom. The van der Waals surface area contributed by atoms with Crippen LogP contribution in [-0.4, -0.2) is 30.5 Å². The third-order valence-electron chi connectivity index (χ3n) is 4.13. The lowest BCUT2D eigenvalue weighted by Crippen LogP contribution is -2.17. The van der Waals surface area contributed by atoms with Crippen molar-refractivity contribution >= 4 is 22.5 Å². The topological polar surface area (TPSA) is 85.6 Å². The number of imidazole rings is 1. The minimum atomic E-state index is -0.286. The Kier molecular flexibility index (Phi) is 3.81. The maximum atomic E-state index is 12.1. The van der Waals surface area contributed by atoms with Crippen LogP contribution in [0.5, 0.6) is 0 Å². The summed E-state index contributed by atoms with van der Waals surface area (Å²) in [6.45, 7) is 1.92. The first-order valence-electron chi connectivity index (χ1n) is 7.81. The Bertz CT molecular complexity index is 869. The molecular weight excluding hydrogens is 324 g/mol. The SMILES string of the molecule is Cc1nc(NC(=O)n2ccnc2)sc1-c1ccnc(C2CCC2)n1. The summed E-state index contributed by atoms with van der Waals surface area (Å²) < 4.78 is 1.37. The van der Waals surface area contributed by atoms with Crippen molar-refractivity contribution in [3.63, 3.8) is 0 Å². The average molecular weight is 340 g/mol. The van der Waals surface area contributed by atoms with E-state index in [9.17, 15) is 4.79 Å². The zero-order chi connectivity index (χ0) is 16.5. The molecule has 1 aliphatic carbocycles. The molecule has 1 aliphatic rings. The standard InChI is InChI=1S/C16H16N6OS/c1-10-13(12-5-6-18-14(20-12)11-3-2-4-11)24-15(19-10)21-16(23)22-8-7-17-9-22/h5-9,11H,2-4H2,1H3,(H,19,21,23). The summed E-state index contributed by atoms with van der Waals surface area (Å²) >= 11 is 1.42. The van der Waals surface area contributed by atoms with Crippen LogP contribution in [0.4, 0.5) is 9.93 Å². The lowest BCUT2D eigenvalue weighted by Gasteiger charge is -2.23. The molecule has 3 aromatic rings. The van der Waals surface area contributed by atoms with Crippen LogP contribution in [0.3, 0.4) is 0 Å². The van der Waals surface area contributed by atoms with E-state index in [1.54, 1.807) is 18.6 Å². The van der Waals surface area contributed by atoms with E-state index >= 15 is 0 Å². The fraction of sp³-hybridized carbons (Fsp3) is 0.312. The molecular formula is C16H16N6OS. The highest BCUT2D eigenvalue weighted by Crippen LogP contribution is 2.36. The molecule has 1 fully saturated rings. The first-order valence-corrected chi connectivity index (χ1v) is 8.62. The van der Waals surface area contributed by atoms with Crippen LogP contribution in [0.15, 0.2) is 31.0 Å². The molecule has 0 spiro atoms. The molecule has 1 amide bonds. The third kappa shape index (κ3) is 2.80.